The summed E-state index contributed by atoms with van der Waals surface area (Å²) in [6.07, 6.45) is 3.92. The highest BCUT2D eigenvalue weighted by atomic mass is 15.2. The number of hydrogen-bond donors (Lipinski definition) is 0. The standard InChI is InChI=1S/C11H18N2/c1-3-13(4-2)11(8-12)9-6-5-7-10(9)11/h9-10H,3-7H2,1-2H3. The Kier molecular flexibility index (Phi) is 2.08. The summed E-state index contributed by atoms with van der Waals surface area (Å²) >= 11 is 0. The van der Waals surface area contributed by atoms with Crippen LogP contribution in [0.3, 0.4) is 0 Å². The van der Waals surface area contributed by atoms with Crippen molar-refractivity contribution in [1.29, 1.82) is 5.26 Å². The van der Waals surface area contributed by atoms with Crippen molar-refractivity contribution in [3.63, 3.8) is 0 Å². The molecule has 2 nitrogen and oxygen atoms in total. The van der Waals surface area contributed by atoms with Gasteiger partial charge in [0.2, 0.25) is 0 Å². The van der Waals surface area contributed by atoms with Crippen LogP contribution in [-0.4, -0.2) is 23.5 Å². The van der Waals surface area contributed by atoms with E-state index >= 15 is 0 Å². The molecule has 0 heterocycles. The molecule has 0 bridgehead atoms. The van der Waals surface area contributed by atoms with E-state index in [1.807, 2.05) is 0 Å². The van der Waals surface area contributed by atoms with Crippen molar-refractivity contribution in [1.82, 2.24) is 4.90 Å². The molecule has 0 aromatic carbocycles. The van der Waals surface area contributed by atoms with Crippen LogP contribution < -0.4 is 0 Å². The topological polar surface area (TPSA) is 27.0 Å². The van der Waals surface area contributed by atoms with Crippen LogP contribution in [0.2, 0.25) is 0 Å². The van der Waals surface area contributed by atoms with E-state index in [1.54, 1.807) is 0 Å². The van der Waals surface area contributed by atoms with Gasteiger partial charge in [0.05, 0.1) is 6.07 Å². The van der Waals surface area contributed by atoms with Crippen molar-refractivity contribution in [2.75, 3.05) is 13.1 Å². The van der Waals surface area contributed by atoms with Gasteiger partial charge in [0.25, 0.3) is 0 Å². The predicted molar refractivity (Wildman–Crippen MR) is 52.1 cm³/mol. The lowest BCUT2D eigenvalue weighted by atomic mass is 10.0. The van der Waals surface area contributed by atoms with Crippen LogP contribution in [0.5, 0.6) is 0 Å². The van der Waals surface area contributed by atoms with Crippen LogP contribution in [0.4, 0.5) is 0 Å². The van der Waals surface area contributed by atoms with Crippen LogP contribution in [0.25, 0.3) is 0 Å². The van der Waals surface area contributed by atoms with Gasteiger partial charge in [0.15, 0.2) is 0 Å². The molecule has 2 unspecified atom stereocenters. The predicted octanol–water partition coefficient (Wildman–Crippen LogP) is 2.02. The van der Waals surface area contributed by atoms with Gasteiger partial charge in [-0.05, 0) is 37.8 Å². The van der Waals surface area contributed by atoms with Crippen molar-refractivity contribution in [3.8, 4) is 6.07 Å². The number of nitriles is 1. The molecule has 2 heteroatoms. The summed E-state index contributed by atoms with van der Waals surface area (Å²) in [5, 5.41) is 9.30. The highest BCUT2D eigenvalue weighted by Gasteiger charge is 2.69. The number of hydrogen-bond acceptors (Lipinski definition) is 2. The Labute approximate surface area is 80.5 Å². The van der Waals surface area contributed by atoms with Crippen molar-refractivity contribution < 1.29 is 0 Å². The lowest BCUT2D eigenvalue weighted by Crippen LogP contribution is -2.39. The lowest BCUT2D eigenvalue weighted by Gasteiger charge is -2.27. The summed E-state index contributed by atoms with van der Waals surface area (Å²) in [5.74, 6) is 1.41. The summed E-state index contributed by atoms with van der Waals surface area (Å²) in [7, 11) is 0. The zero-order valence-corrected chi connectivity index (χ0v) is 8.58. The Morgan fingerprint density at radius 3 is 2.23 bits per heavy atom. The minimum absolute atomic E-state index is 0.0399. The van der Waals surface area contributed by atoms with Gasteiger partial charge in [0, 0.05) is 0 Å². The molecule has 0 saturated heterocycles. The molecule has 2 saturated carbocycles. The van der Waals surface area contributed by atoms with Crippen LogP contribution in [0.15, 0.2) is 0 Å². The third kappa shape index (κ3) is 0.971. The Bertz CT molecular complexity index is 227. The van der Waals surface area contributed by atoms with Gasteiger partial charge in [-0.2, -0.15) is 5.26 Å². The van der Waals surface area contributed by atoms with Gasteiger partial charge >= 0.3 is 0 Å². The fraction of sp³-hybridized carbons (Fsp3) is 0.909. The Morgan fingerprint density at radius 2 is 1.85 bits per heavy atom. The van der Waals surface area contributed by atoms with Gasteiger partial charge in [-0.15, -0.1) is 0 Å². The van der Waals surface area contributed by atoms with E-state index in [-0.39, 0.29) is 5.54 Å². The van der Waals surface area contributed by atoms with Gasteiger partial charge in [-0.1, -0.05) is 20.3 Å². The average molecular weight is 178 g/mol. The molecular weight excluding hydrogens is 160 g/mol. The van der Waals surface area contributed by atoms with E-state index in [1.165, 1.54) is 19.3 Å². The number of fused-ring (bicyclic) bond motifs is 1. The second-order valence-corrected chi connectivity index (χ2v) is 4.25. The largest absolute Gasteiger partial charge is 0.286 e. The SMILES string of the molecule is CCN(CC)C1(C#N)C2CCCC21. The van der Waals surface area contributed by atoms with Gasteiger partial charge in [-0.3, -0.25) is 4.90 Å². The minimum Gasteiger partial charge on any atom is -0.286 e. The zero-order chi connectivity index (χ0) is 9.47. The highest BCUT2D eigenvalue weighted by Crippen LogP contribution is 2.63. The number of nitrogens with zero attached hydrogens (tertiary/aromatic N) is 2. The molecule has 0 N–H and O–H groups in total. The molecule has 2 aliphatic carbocycles. The third-order valence-electron chi connectivity index (χ3n) is 4.00. The van der Waals surface area contributed by atoms with Crippen LogP contribution in [0, 0.1) is 23.2 Å². The first-order valence-corrected chi connectivity index (χ1v) is 5.47. The molecule has 2 fully saturated rings. The molecule has 72 valence electrons. The van der Waals surface area contributed by atoms with E-state index in [0.29, 0.717) is 11.8 Å². The second-order valence-electron chi connectivity index (χ2n) is 4.25. The van der Waals surface area contributed by atoms with Crippen molar-refractivity contribution >= 4 is 0 Å². The smallest absolute Gasteiger partial charge is 0.115 e. The van der Waals surface area contributed by atoms with E-state index in [2.05, 4.69) is 24.8 Å². The van der Waals surface area contributed by atoms with Crippen LogP contribution in [0.1, 0.15) is 33.1 Å². The number of rotatable bonds is 3. The normalized spacial score (nSPS) is 41.7. The van der Waals surface area contributed by atoms with E-state index in [9.17, 15) is 5.26 Å². The quantitative estimate of drug-likeness (QED) is 0.661. The van der Waals surface area contributed by atoms with Gasteiger partial charge in [0.1, 0.15) is 5.54 Å². The van der Waals surface area contributed by atoms with Gasteiger partial charge in [-0.25, -0.2) is 0 Å². The summed E-state index contributed by atoms with van der Waals surface area (Å²) in [4.78, 5) is 2.36. The van der Waals surface area contributed by atoms with Crippen LogP contribution in [-0.2, 0) is 0 Å². The Morgan fingerprint density at radius 1 is 1.31 bits per heavy atom. The Hall–Kier alpha value is -0.550. The second kappa shape index (κ2) is 2.99. The molecule has 0 spiro atoms. The molecule has 0 aliphatic heterocycles. The highest BCUT2D eigenvalue weighted by molar-refractivity contribution is 5.31. The first-order valence-electron chi connectivity index (χ1n) is 5.47. The van der Waals surface area contributed by atoms with Gasteiger partial charge < -0.3 is 0 Å². The first kappa shape index (κ1) is 9.02. The van der Waals surface area contributed by atoms with Crippen molar-refractivity contribution in [2.45, 2.75) is 38.6 Å². The third-order valence-corrected chi connectivity index (χ3v) is 4.00. The van der Waals surface area contributed by atoms with Crippen molar-refractivity contribution in [2.24, 2.45) is 11.8 Å². The first-order chi connectivity index (χ1) is 6.31. The average Bonchev–Trinajstić information content (AvgIpc) is 2.58. The maximum absolute atomic E-state index is 9.30. The molecule has 0 amide bonds. The van der Waals surface area contributed by atoms with Crippen molar-refractivity contribution in [3.05, 3.63) is 0 Å². The fourth-order valence-corrected chi connectivity index (χ4v) is 3.37. The maximum Gasteiger partial charge on any atom is 0.115 e. The molecule has 2 atom stereocenters. The summed E-state index contributed by atoms with van der Waals surface area (Å²) < 4.78 is 0. The minimum atomic E-state index is -0.0399. The van der Waals surface area contributed by atoms with Crippen LogP contribution >= 0.6 is 0 Å². The molecular formula is C11H18N2. The molecule has 13 heavy (non-hydrogen) atoms. The van der Waals surface area contributed by atoms with E-state index in [4.69, 9.17) is 0 Å². The molecule has 2 rings (SSSR count). The molecule has 0 radical (unpaired) electrons. The van der Waals surface area contributed by atoms with E-state index < -0.39 is 0 Å². The van der Waals surface area contributed by atoms with E-state index in [0.717, 1.165) is 13.1 Å². The zero-order valence-electron chi connectivity index (χ0n) is 8.58. The fourth-order valence-electron chi connectivity index (χ4n) is 3.37. The molecule has 0 aromatic heterocycles. The summed E-state index contributed by atoms with van der Waals surface area (Å²) in [6.45, 7) is 6.38. The Balaban J connectivity index is 2.15. The molecule has 0 aromatic rings. The molecule has 2 aliphatic rings. The maximum atomic E-state index is 9.30. The lowest BCUT2D eigenvalue weighted by molar-refractivity contribution is 0.204. The monoisotopic (exact) mass is 178 g/mol. The summed E-state index contributed by atoms with van der Waals surface area (Å²) in [6, 6.07) is 2.58. The summed E-state index contributed by atoms with van der Waals surface area (Å²) in [5.41, 5.74) is -0.0399.